The summed E-state index contributed by atoms with van der Waals surface area (Å²) in [6.07, 6.45) is 7.50. The molecule has 6 aromatic heterocycles. The number of rotatable bonds is 13. The molecule has 6 fully saturated rings. The van der Waals surface area contributed by atoms with Crippen molar-refractivity contribution in [3.05, 3.63) is 120 Å². The van der Waals surface area contributed by atoms with E-state index in [4.69, 9.17) is 33.9 Å². The largest absolute Gasteiger partial charge is 0.494 e. The number of aromatic nitrogens is 8. The maximum atomic E-state index is 14.7. The van der Waals surface area contributed by atoms with Crippen molar-refractivity contribution in [3.8, 4) is 34.5 Å². The molecule has 24 nitrogen and oxygen atoms in total. The third-order valence-electron chi connectivity index (χ3n) is 20.1. The molecule has 6 amide bonds. The van der Waals surface area contributed by atoms with Crippen LogP contribution in [-0.4, -0.2) is 169 Å². The molecule has 0 spiro atoms. The Morgan fingerprint density at radius 2 is 1.02 bits per heavy atom. The number of hydrogen-bond acceptors (Lipinski definition) is 15. The summed E-state index contributed by atoms with van der Waals surface area (Å²) in [4.78, 5) is 106. The first kappa shape index (κ1) is 62.3. The number of pyridine rings is 2. The van der Waals surface area contributed by atoms with E-state index in [1.165, 1.54) is 30.6 Å². The Bertz CT molecular complexity index is 4660. The molecule has 4 aliphatic carbocycles. The van der Waals surface area contributed by atoms with Gasteiger partial charge >= 0.3 is 12.2 Å². The third kappa shape index (κ3) is 10.9. The molecule has 3 N–H and O–H groups in total. The second-order valence-electron chi connectivity index (χ2n) is 29.0. The summed E-state index contributed by atoms with van der Waals surface area (Å²) in [6, 6.07) is 23.2. The van der Waals surface area contributed by atoms with Gasteiger partial charge in [-0.15, -0.1) is 0 Å². The van der Waals surface area contributed by atoms with Crippen LogP contribution in [0, 0.1) is 23.7 Å². The van der Waals surface area contributed by atoms with Gasteiger partial charge in [0, 0.05) is 86.4 Å². The summed E-state index contributed by atoms with van der Waals surface area (Å²) >= 11 is 0. The van der Waals surface area contributed by atoms with Crippen molar-refractivity contribution in [3.63, 3.8) is 0 Å². The van der Waals surface area contributed by atoms with Gasteiger partial charge in [0.15, 0.2) is 11.6 Å². The van der Waals surface area contributed by atoms with Gasteiger partial charge in [0.25, 0.3) is 23.6 Å². The topological polar surface area (TPSA) is 265 Å². The van der Waals surface area contributed by atoms with Gasteiger partial charge in [0.1, 0.15) is 45.0 Å². The van der Waals surface area contributed by atoms with Crippen molar-refractivity contribution in [2.75, 3.05) is 27.3 Å². The van der Waals surface area contributed by atoms with Crippen molar-refractivity contribution >= 4 is 79.9 Å². The Morgan fingerprint density at radius 3 is 1.46 bits per heavy atom. The lowest BCUT2D eigenvalue weighted by atomic mass is 10.0. The number of imidazole rings is 2. The maximum absolute atomic E-state index is 14.7. The van der Waals surface area contributed by atoms with Gasteiger partial charge in [-0.2, -0.15) is 0 Å². The van der Waals surface area contributed by atoms with Crippen LogP contribution in [0.3, 0.4) is 0 Å². The number of amides is 6. The highest BCUT2D eigenvalue weighted by atomic mass is 16.6. The normalized spacial score (nSPS) is 22.8. The Hall–Kier alpha value is -9.84. The zero-order valence-corrected chi connectivity index (χ0v) is 55.5. The summed E-state index contributed by atoms with van der Waals surface area (Å²) in [5.41, 5.74) is 6.59. The van der Waals surface area contributed by atoms with Crippen molar-refractivity contribution in [1.29, 1.82) is 0 Å². The molecule has 7 aliphatic rings. The van der Waals surface area contributed by atoms with Crippen molar-refractivity contribution in [2.45, 2.75) is 141 Å². The zero-order valence-electron chi connectivity index (χ0n) is 55.5. The monoisotopic (exact) mass is 1300 g/mol. The van der Waals surface area contributed by atoms with E-state index in [1.807, 2.05) is 47.8 Å². The Morgan fingerprint density at radius 1 is 0.583 bits per heavy atom. The molecule has 4 saturated carbocycles. The number of aliphatic hydroxyl groups excluding tert-OH is 1. The predicted octanol–water partition coefficient (Wildman–Crippen LogP) is 9.52. The number of nitrogens with zero attached hydrogens (tertiary/aromatic N) is 11. The van der Waals surface area contributed by atoms with Crippen molar-refractivity contribution in [1.82, 2.24) is 63.5 Å². The molecule has 4 bridgehead atoms. The maximum Gasteiger partial charge on any atom is 0.407 e. The minimum atomic E-state index is -0.741. The second-order valence-corrected chi connectivity index (χ2v) is 29.0. The number of ether oxygens (including phenoxy) is 4. The van der Waals surface area contributed by atoms with E-state index in [2.05, 4.69) is 49.0 Å². The van der Waals surface area contributed by atoms with Gasteiger partial charge in [0.05, 0.1) is 84.1 Å². The van der Waals surface area contributed by atoms with Crippen molar-refractivity contribution in [2.24, 2.45) is 37.8 Å². The molecule has 2 saturated heterocycles. The Labute approximate surface area is 553 Å². The zero-order chi connectivity index (χ0) is 67.1. The molecule has 16 rings (SSSR count). The molecule has 9 aromatic rings. The number of methoxy groups -OCH3 is 2. The van der Waals surface area contributed by atoms with E-state index < -0.39 is 65.5 Å². The van der Waals surface area contributed by atoms with Crippen LogP contribution in [-0.2, 0) is 36.7 Å². The van der Waals surface area contributed by atoms with Crippen LogP contribution < -0.4 is 20.1 Å². The minimum absolute atomic E-state index is 0.0643. The molecular formula is C72H79N13O11. The van der Waals surface area contributed by atoms with Crippen LogP contribution in [0.1, 0.15) is 121 Å². The molecule has 3 aromatic carbocycles. The average molecular weight is 1300 g/mol. The molecular weight excluding hydrogens is 1220 g/mol. The number of hydrogen-bond donors (Lipinski definition) is 3. The fourth-order valence-electron chi connectivity index (χ4n) is 15.7. The third-order valence-corrected chi connectivity index (χ3v) is 20.1. The smallest absolute Gasteiger partial charge is 0.407 e. The highest BCUT2D eigenvalue weighted by Gasteiger charge is 2.60. The molecule has 8 atom stereocenters. The molecule has 0 unspecified atom stereocenters. The number of nitrogens with one attached hydrogen (secondary N) is 2. The number of likely N-dealkylation sites (tertiary alicyclic amines) is 2. The SMILES string of the molecule is COc1cc(C(=O)N2C[C@H]3C[C@H](N4C(=O)c5ccccc5C4=O)[C@@H]2[C@@H]3NC(=O)OC(C)(C)C)cc2nc(-c3cc4cccnc4n3CC3CC3)n(C)c12.COc1cc(C(=O)N2C[C@H]3C[C@H](O)[C@@H]2[C@@H]3NC(=O)OC(C)(C)C)cc2nc(-c3cc4cccnc4n3CC3CC3)n(C)c12. The predicted molar refractivity (Wildman–Crippen MR) is 356 cm³/mol. The number of carbonyl (C=O) groups is 6. The van der Waals surface area contributed by atoms with Gasteiger partial charge < -0.3 is 62.8 Å². The lowest BCUT2D eigenvalue weighted by molar-refractivity contribution is 0.0351. The number of piperidine rings is 2. The Balaban J connectivity index is 0.000000161. The summed E-state index contributed by atoms with van der Waals surface area (Å²) in [5.74, 6) is 2.15. The molecule has 96 heavy (non-hydrogen) atoms. The summed E-state index contributed by atoms with van der Waals surface area (Å²) in [7, 11) is 7.07. The quantitative estimate of drug-likeness (QED) is 0.0908. The second kappa shape index (κ2) is 23.2. The van der Waals surface area contributed by atoms with Crippen LogP contribution in [0.2, 0.25) is 0 Å². The number of carbonyl (C=O) groups excluding carboxylic acids is 6. The first-order valence-electron chi connectivity index (χ1n) is 33.2. The fourth-order valence-corrected chi connectivity index (χ4v) is 15.7. The first-order chi connectivity index (χ1) is 45.9. The summed E-state index contributed by atoms with van der Waals surface area (Å²) in [6.45, 7) is 13.2. The number of imide groups is 1. The van der Waals surface area contributed by atoms with E-state index in [9.17, 15) is 33.9 Å². The van der Waals surface area contributed by atoms with E-state index >= 15 is 0 Å². The molecule has 0 radical (unpaired) electrons. The van der Waals surface area contributed by atoms with Crippen molar-refractivity contribution < 1.29 is 52.8 Å². The lowest BCUT2D eigenvalue weighted by Gasteiger charge is -2.37. The number of alkyl carbamates (subject to hydrolysis) is 2. The van der Waals surface area contributed by atoms with E-state index in [-0.39, 0.29) is 29.7 Å². The average Bonchev–Trinajstić information content (AvgIpc) is 1.56. The van der Waals surface area contributed by atoms with Gasteiger partial charge in [-0.25, -0.2) is 29.5 Å². The summed E-state index contributed by atoms with van der Waals surface area (Å²) < 4.78 is 31.3. The number of aryl methyl sites for hydroxylation is 2. The van der Waals surface area contributed by atoms with Gasteiger partial charge in [-0.1, -0.05) is 12.1 Å². The minimum Gasteiger partial charge on any atom is -0.494 e. The first-order valence-corrected chi connectivity index (χ1v) is 33.2. The molecule has 498 valence electrons. The fraction of sp³-hybridized carbons (Fsp3) is 0.444. The molecule has 9 heterocycles. The lowest BCUT2D eigenvalue weighted by Crippen LogP contribution is -2.57. The Kier molecular flexibility index (Phi) is 15.1. The van der Waals surface area contributed by atoms with Gasteiger partial charge in [-0.05, 0) is 165 Å². The van der Waals surface area contributed by atoms with Crippen LogP contribution >= 0.6 is 0 Å². The van der Waals surface area contributed by atoms with Gasteiger partial charge in [-0.3, -0.25) is 24.1 Å². The molecule has 3 aliphatic heterocycles. The van der Waals surface area contributed by atoms with E-state index in [1.54, 1.807) is 114 Å². The number of benzene rings is 3. The van der Waals surface area contributed by atoms with E-state index in [0.29, 0.717) is 82.6 Å². The molecule has 24 heteroatoms. The van der Waals surface area contributed by atoms with Gasteiger partial charge in [0.2, 0.25) is 0 Å². The van der Waals surface area contributed by atoms with Crippen LogP contribution in [0.4, 0.5) is 9.59 Å². The number of aliphatic hydroxyl groups is 1. The van der Waals surface area contributed by atoms with Crippen LogP contribution in [0.15, 0.2) is 97.3 Å². The highest BCUT2D eigenvalue weighted by molar-refractivity contribution is 6.21. The standard InChI is InChI=1S/C40H41N7O6.C32H38N6O5/c1-40(2,3)53-39(51)43-31-24-17-28(47-37(49)25-10-6-7-11-26(25)38(47)50)33(31)46(20-24)36(48)23-15-27-32(30(18-23)52-5)44(4)35(42-27)29-16-22-9-8-14-41-34(22)45(29)19-21-12-13-21;1-32(2,3)43-31(41)35-25-20-13-23(39)27(25)38(16-20)30(40)19-11-21-26(24(14-19)42-5)36(4)29(34-21)22-12-18-7-6-10-33-28(18)37(22)15-17-8-9-17/h6-11,14-16,18,21,24,28,31,33H,12-13,17,19-20H2,1-5H3,(H,43,51);6-7,10-12,14,17,20,23,25,27,39H,8-9,13,15-16H2,1-5H3,(H,35,41)/t24-,28+,31-,33-;20-,23+,25-,27-/m11/s1. The summed E-state index contributed by atoms with van der Waals surface area (Å²) in [5, 5.41) is 18.9. The van der Waals surface area contributed by atoms with E-state index in [0.717, 1.165) is 69.2 Å². The number of fused-ring (bicyclic) bond motifs is 9. The highest BCUT2D eigenvalue weighted by Crippen LogP contribution is 2.46. The van der Waals surface area contributed by atoms with Crippen LogP contribution in [0.25, 0.3) is 67.2 Å². The van der Waals surface area contributed by atoms with Crippen LogP contribution in [0.5, 0.6) is 11.5 Å².